The van der Waals surface area contributed by atoms with Crippen molar-refractivity contribution in [1.29, 1.82) is 0 Å². The maximum atomic E-state index is 13.9. The fourth-order valence-electron chi connectivity index (χ4n) is 4.69. The third kappa shape index (κ3) is 5.48. The molecular formula is C28H32N2O6. The van der Waals surface area contributed by atoms with Crippen LogP contribution in [0.25, 0.3) is 0 Å². The summed E-state index contributed by atoms with van der Waals surface area (Å²) in [5, 5.41) is 3.17. The largest absolute Gasteiger partial charge is 0.496 e. The molecule has 1 aromatic heterocycles. The Morgan fingerprint density at radius 1 is 0.944 bits per heavy atom. The van der Waals surface area contributed by atoms with E-state index in [4.69, 9.17) is 18.6 Å². The zero-order chi connectivity index (χ0) is 25.5. The molecule has 8 heteroatoms. The van der Waals surface area contributed by atoms with Gasteiger partial charge in [-0.1, -0.05) is 37.1 Å². The average molecular weight is 493 g/mol. The van der Waals surface area contributed by atoms with Gasteiger partial charge in [-0.2, -0.15) is 0 Å². The number of rotatable bonds is 10. The van der Waals surface area contributed by atoms with Gasteiger partial charge in [0.1, 0.15) is 11.8 Å². The van der Waals surface area contributed by atoms with Gasteiger partial charge in [-0.05, 0) is 48.7 Å². The highest BCUT2D eigenvalue weighted by Gasteiger charge is 2.35. The Kier molecular flexibility index (Phi) is 8.15. The Balaban J connectivity index is 1.81. The highest BCUT2D eigenvalue weighted by atomic mass is 16.5. The summed E-state index contributed by atoms with van der Waals surface area (Å²) in [6.45, 7) is 0.126. The molecule has 1 aliphatic rings. The lowest BCUT2D eigenvalue weighted by Gasteiger charge is -2.32. The fourth-order valence-corrected chi connectivity index (χ4v) is 4.69. The van der Waals surface area contributed by atoms with Gasteiger partial charge in [0.15, 0.2) is 17.3 Å². The molecule has 8 nitrogen and oxygen atoms in total. The average Bonchev–Trinajstić information content (AvgIpc) is 3.63. The van der Waals surface area contributed by atoms with Crippen LogP contribution in [0.4, 0.5) is 0 Å². The molecule has 1 saturated carbocycles. The number of carbonyl (C=O) groups is 2. The topological polar surface area (TPSA) is 90.2 Å². The third-order valence-corrected chi connectivity index (χ3v) is 6.51. The van der Waals surface area contributed by atoms with Gasteiger partial charge < -0.3 is 28.8 Å². The van der Waals surface area contributed by atoms with Crippen LogP contribution in [0.1, 0.15) is 53.4 Å². The number of benzene rings is 2. The van der Waals surface area contributed by atoms with Crippen molar-refractivity contribution in [3.63, 3.8) is 0 Å². The van der Waals surface area contributed by atoms with Crippen LogP contribution in [0.3, 0.4) is 0 Å². The Morgan fingerprint density at radius 3 is 2.33 bits per heavy atom. The Labute approximate surface area is 211 Å². The molecule has 4 rings (SSSR count). The van der Waals surface area contributed by atoms with Crippen LogP contribution in [0.2, 0.25) is 0 Å². The molecule has 2 aromatic carbocycles. The fraction of sp³-hybridized carbons (Fsp3) is 0.357. The Bertz CT molecular complexity index is 1170. The number of hydrogen-bond donors (Lipinski definition) is 1. The maximum Gasteiger partial charge on any atom is 0.290 e. The molecule has 0 spiro atoms. The number of carbonyl (C=O) groups excluding carboxylic acids is 2. The zero-order valence-electron chi connectivity index (χ0n) is 20.9. The van der Waals surface area contributed by atoms with E-state index >= 15 is 0 Å². The summed E-state index contributed by atoms with van der Waals surface area (Å²) in [6.07, 6.45) is 5.43. The molecule has 1 atom stereocenters. The lowest BCUT2D eigenvalue weighted by Crippen LogP contribution is -2.45. The van der Waals surface area contributed by atoms with Crippen molar-refractivity contribution in [2.75, 3.05) is 21.3 Å². The predicted molar refractivity (Wildman–Crippen MR) is 134 cm³/mol. The summed E-state index contributed by atoms with van der Waals surface area (Å²) in [5.41, 5.74) is 1.36. The van der Waals surface area contributed by atoms with E-state index in [0.717, 1.165) is 31.2 Å². The van der Waals surface area contributed by atoms with Gasteiger partial charge >= 0.3 is 0 Å². The van der Waals surface area contributed by atoms with Crippen molar-refractivity contribution in [2.24, 2.45) is 0 Å². The van der Waals surface area contributed by atoms with Crippen LogP contribution in [-0.4, -0.2) is 44.1 Å². The molecular weight excluding hydrogens is 460 g/mol. The van der Waals surface area contributed by atoms with Crippen molar-refractivity contribution < 1.29 is 28.2 Å². The number of methoxy groups -OCH3 is 3. The molecule has 1 heterocycles. The highest BCUT2D eigenvalue weighted by molar-refractivity contribution is 5.96. The first-order chi connectivity index (χ1) is 17.5. The number of para-hydroxylation sites is 1. The molecule has 0 saturated heterocycles. The van der Waals surface area contributed by atoms with Crippen molar-refractivity contribution in [1.82, 2.24) is 10.2 Å². The molecule has 1 fully saturated rings. The number of amides is 2. The van der Waals surface area contributed by atoms with Crippen molar-refractivity contribution in [3.8, 4) is 17.2 Å². The van der Waals surface area contributed by atoms with Gasteiger partial charge in [0.25, 0.3) is 5.91 Å². The van der Waals surface area contributed by atoms with Crippen LogP contribution in [0.15, 0.2) is 65.3 Å². The molecule has 0 unspecified atom stereocenters. The summed E-state index contributed by atoms with van der Waals surface area (Å²) >= 11 is 0. The maximum absolute atomic E-state index is 13.9. The molecule has 0 radical (unpaired) electrons. The summed E-state index contributed by atoms with van der Waals surface area (Å²) in [6, 6.07) is 15.1. The quantitative estimate of drug-likeness (QED) is 0.439. The summed E-state index contributed by atoms with van der Waals surface area (Å²) in [5.74, 6) is 1.10. The number of hydrogen-bond acceptors (Lipinski definition) is 6. The minimum atomic E-state index is -0.951. The van der Waals surface area contributed by atoms with Crippen molar-refractivity contribution >= 4 is 11.8 Å². The second kappa shape index (κ2) is 11.7. The lowest BCUT2D eigenvalue weighted by molar-refractivity contribution is -0.126. The summed E-state index contributed by atoms with van der Waals surface area (Å²) in [7, 11) is 4.67. The summed E-state index contributed by atoms with van der Waals surface area (Å²) < 4.78 is 21.9. The van der Waals surface area contributed by atoms with E-state index in [9.17, 15) is 9.59 Å². The van der Waals surface area contributed by atoms with Crippen LogP contribution in [0, 0.1) is 0 Å². The summed E-state index contributed by atoms with van der Waals surface area (Å²) in [4.78, 5) is 29.2. The van der Waals surface area contributed by atoms with Crippen molar-refractivity contribution in [3.05, 3.63) is 77.7 Å². The van der Waals surface area contributed by atoms with Crippen LogP contribution in [0.5, 0.6) is 17.2 Å². The van der Waals surface area contributed by atoms with E-state index in [1.165, 1.54) is 18.3 Å². The van der Waals surface area contributed by atoms with Gasteiger partial charge in [-0.3, -0.25) is 9.59 Å². The number of nitrogens with one attached hydrogen (secondary N) is 1. The molecule has 190 valence electrons. The third-order valence-electron chi connectivity index (χ3n) is 6.51. The van der Waals surface area contributed by atoms with E-state index in [0.29, 0.717) is 22.8 Å². The van der Waals surface area contributed by atoms with Gasteiger partial charge in [-0.15, -0.1) is 0 Å². The van der Waals surface area contributed by atoms with Crippen molar-refractivity contribution in [2.45, 2.75) is 44.3 Å². The lowest BCUT2D eigenvalue weighted by atomic mass is 10.0. The second-order valence-corrected chi connectivity index (χ2v) is 8.73. The SMILES string of the molecule is COc1ccccc1CN(C(=O)c1ccco1)[C@@H](C(=O)NC1CCCC1)c1ccc(OC)c(OC)c1. The van der Waals surface area contributed by atoms with Crippen LogP contribution in [-0.2, 0) is 11.3 Å². The van der Waals surface area contributed by atoms with Gasteiger partial charge in [0.2, 0.25) is 5.91 Å². The minimum Gasteiger partial charge on any atom is -0.496 e. The van der Waals surface area contributed by atoms with Crippen LogP contribution >= 0.6 is 0 Å². The first kappa shape index (κ1) is 25.2. The Hall–Kier alpha value is -3.94. The van der Waals surface area contributed by atoms with E-state index < -0.39 is 11.9 Å². The first-order valence-electron chi connectivity index (χ1n) is 12.0. The second-order valence-electron chi connectivity index (χ2n) is 8.73. The monoisotopic (exact) mass is 492 g/mol. The molecule has 0 bridgehead atoms. The molecule has 1 aliphatic carbocycles. The normalized spacial score (nSPS) is 14.2. The van der Waals surface area contributed by atoms with E-state index in [1.54, 1.807) is 44.6 Å². The van der Waals surface area contributed by atoms with Gasteiger partial charge in [0.05, 0.1) is 34.1 Å². The number of furan rings is 1. The van der Waals surface area contributed by atoms with E-state index in [-0.39, 0.29) is 24.3 Å². The molecule has 2 amide bonds. The zero-order valence-corrected chi connectivity index (χ0v) is 20.9. The van der Waals surface area contributed by atoms with Gasteiger partial charge in [0, 0.05) is 11.6 Å². The van der Waals surface area contributed by atoms with Gasteiger partial charge in [-0.25, -0.2) is 0 Å². The Morgan fingerprint density at radius 2 is 1.67 bits per heavy atom. The molecule has 3 aromatic rings. The minimum absolute atomic E-state index is 0.0759. The number of ether oxygens (including phenoxy) is 3. The van der Waals surface area contributed by atoms with Crippen LogP contribution < -0.4 is 19.5 Å². The standard InChI is InChI=1S/C28H32N2O6/c1-33-22-12-7-4-9-20(22)18-30(28(32)24-13-8-16-36-24)26(27(31)29-21-10-5-6-11-21)19-14-15-23(34-2)25(17-19)35-3/h4,7-9,12-17,21,26H,5-6,10-11,18H2,1-3H3,(H,29,31)/t26-/m1/s1. The first-order valence-corrected chi connectivity index (χ1v) is 12.0. The smallest absolute Gasteiger partial charge is 0.290 e. The molecule has 0 aliphatic heterocycles. The number of nitrogens with zero attached hydrogens (tertiary/aromatic N) is 1. The van der Waals surface area contributed by atoms with E-state index in [2.05, 4.69) is 5.32 Å². The molecule has 1 N–H and O–H groups in total. The predicted octanol–water partition coefficient (Wildman–Crippen LogP) is 4.75. The van der Waals surface area contributed by atoms with E-state index in [1.807, 2.05) is 24.3 Å². The molecule has 36 heavy (non-hydrogen) atoms. The highest BCUT2D eigenvalue weighted by Crippen LogP contribution is 2.35.